The van der Waals surface area contributed by atoms with Crippen LogP contribution >= 0.6 is 34.8 Å². The topological polar surface area (TPSA) is 74.0 Å². The van der Waals surface area contributed by atoms with Crippen molar-refractivity contribution in [2.75, 3.05) is 5.43 Å². The number of hydrazone groups is 1. The first kappa shape index (κ1) is 14.5. The van der Waals surface area contributed by atoms with Gasteiger partial charge in [-0.15, -0.1) is 0 Å². The van der Waals surface area contributed by atoms with Gasteiger partial charge in [0, 0.05) is 12.4 Å². The fourth-order valence-corrected chi connectivity index (χ4v) is 1.96. The minimum atomic E-state index is -0.0384. The van der Waals surface area contributed by atoms with Gasteiger partial charge in [-0.05, 0) is 17.7 Å². The number of nitrogens with one attached hydrogen (secondary N) is 1. The first-order valence-corrected chi connectivity index (χ1v) is 6.40. The fourth-order valence-electron chi connectivity index (χ4n) is 1.29. The van der Waals surface area contributed by atoms with Gasteiger partial charge in [-0.3, -0.25) is 10.4 Å². The molecule has 0 aromatic carbocycles. The summed E-state index contributed by atoms with van der Waals surface area (Å²) in [5.41, 5.74) is 3.49. The van der Waals surface area contributed by atoms with Crippen LogP contribution in [0.25, 0.3) is 0 Å². The minimum absolute atomic E-state index is 0.0296. The van der Waals surface area contributed by atoms with Gasteiger partial charge in [0.1, 0.15) is 16.7 Å². The van der Waals surface area contributed by atoms with Crippen LogP contribution in [0.15, 0.2) is 29.6 Å². The minimum Gasteiger partial charge on any atom is -0.265 e. The van der Waals surface area contributed by atoms with Crippen LogP contribution in [0.3, 0.4) is 0 Å². The standard InChI is InChI=1S/C12H6Cl3N5/c13-9-8(5-16)11(15)19-12(10(9)14)20-18-6-7-1-3-17-4-2-7/h1-4,6H,(H,19,20). The lowest BCUT2D eigenvalue weighted by atomic mass is 10.3. The molecule has 5 nitrogen and oxygen atoms in total. The molecule has 20 heavy (non-hydrogen) atoms. The van der Waals surface area contributed by atoms with Gasteiger partial charge >= 0.3 is 0 Å². The Kier molecular flexibility index (Phi) is 4.74. The maximum absolute atomic E-state index is 8.87. The molecule has 0 radical (unpaired) electrons. The zero-order valence-electron chi connectivity index (χ0n) is 9.81. The van der Waals surface area contributed by atoms with Crippen molar-refractivity contribution in [1.29, 1.82) is 5.26 Å². The summed E-state index contributed by atoms with van der Waals surface area (Å²) in [6.45, 7) is 0. The first-order valence-electron chi connectivity index (χ1n) is 5.27. The van der Waals surface area contributed by atoms with E-state index in [0.29, 0.717) is 0 Å². The third kappa shape index (κ3) is 3.17. The van der Waals surface area contributed by atoms with E-state index in [2.05, 4.69) is 20.5 Å². The number of aromatic nitrogens is 2. The Hall–Kier alpha value is -1.87. The van der Waals surface area contributed by atoms with E-state index in [1.165, 1.54) is 0 Å². The number of nitriles is 1. The van der Waals surface area contributed by atoms with Crippen LogP contribution in [-0.2, 0) is 0 Å². The molecule has 0 saturated carbocycles. The van der Waals surface area contributed by atoms with Gasteiger partial charge in [0.25, 0.3) is 0 Å². The Morgan fingerprint density at radius 1 is 1.20 bits per heavy atom. The third-order valence-electron chi connectivity index (χ3n) is 2.24. The monoisotopic (exact) mass is 325 g/mol. The fraction of sp³-hybridized carbons (Fsp3) is 0. The number of halogens is 3. The van der Waals surface area contributed by atoms with Crippen molar-refractivity contribution in [3.63, 3.8) is 0 Å². The summed E-state index contributed by atoms with van der Waals surface area (Å²) in [6, 6.07) is 5.38. The van der Waals surface area contributed by atoms with E-state index in [1.54, 1.807) is 30.7 Å². The van der Waals surface area contributed by atoms with Gasteiger partial charge in [0.15, 0.2) is 11.0 Å². The van der Waals surface area contributed by atoms with Crippen molar-refractivity contribution in [1.82, 2.24) is 9.97 Å². The van der Waals surface area contributed by atoms with Crippen molar-refractivity contribution in [2.24, 2.45) is 5.10 Å². The molecule has 0 aliphatic carbocycles. The zero-order valence-corrected chi connectivity index (χ0v) is 12.1. The molecule has 1 N–H and O–H groups in total. The molecule has 2 heterocycles. The summed E-state index contributed by atoms with van der Waals surface area (Å²) < 4.78 is 0. The van der Waals surface area contributed by atoms with E-state index in [4.69, 9.17) is 40.1 Å². The van der Waals surface area contributed by atoms with Crippen LogP contribution in [0.5, 0.6) is 0 Å². The molecule has 0 spiro atoms. The van der Waals surface area contributed by atoms with E-state index < -0.39 is 0 Å². The average Bonchev–Trinajstić information content (AvgIpc) is 2.46. The summed E-state index contributed by atoms with van der Waals surface area (Å²) in [5, 5.41) is 12.9. The summed E-state index contributed by atoms with van der Waals surface area (Å²) in [7, 11) is 0. The third-order valence-corrected chi connectivity index (χ3v) is 3.35. The van der Waals surface area contributed by atoms with Crippen LogP contribution in [0.4, 0.5) is 5.82 Å². The highest BCUT2D eigenvalue weighted by atomic mass is 35.5. The molecule has 2 rings (SSSR count). The first-order chi connectivity index (χ1) is 9.63. The summed E-state index contributed by atoms with van der Waals surface area (Å²) >= 11 is 17.7. The lowest BCUT2D eigenvalue weighted by Gasteiger charge is -2.06. The van der Waals surface area contributed by atoms with Crippen molar-refractivity contribution in [2.45, 2.75) is 0 Å². The lowest BCUT2D eigenvalue weighted by Crippen LogP contribution is -1.97. The average molecular weight is 327 g/mol. The lowest BCUT2D eigenvalue weighted by molar-refractivity contribution is 1.22. The maximum Gasteiger partial charge on any atom is 0.168 e. The van der Waals surface area contributed by atoms with E-state index in [9.17, 15) is 0 Å². The van der Waals surface area contributed by atoms with Crippen LogP contribution in [0.1, 0.15) is 11.1 Å². The summed E-state index contributed by atoms with van der Waals surface area (Å²) in [6.07, 6.45) is 4.84. The Morgan fingerprint density at radius 3 is 2.55 bits per heavy atom. The van der Waals surface area contributed by atoms with E-state index in [-0.39, 0.29) is 26.6 Å². The number of hydrogen-bond donors (Lipinski definition) is 1. The number of anilines is 1. The van der Waals surface area contributed by atoms with Gasteiger partial charge in [0.2, 0.25) is 0 Å². The Balaban J connectivity index is 2.23. The van der Waals surface area contributed by atoms with Crippen molar-refractivity contribution >= 4 is 46.8 Å². The Labute approximate surface area is 129 Å². The molecule has 0 amide bonds. The predicted octanol–water partition coefficient (Wildman–Crippen LogP) is 3.75. The normalized spacial score (nSPS) is 10.5. The molecular formula is C12H6Cl3N5. The predicted molar refractivity (Wildman–Crippen MR) is 79.4 cm³/mol. The zero-order chi connectivity index (χ0) is 14.5. The van der Waals surface area contributed by atoms with E-state index >= 15 is 0 Å². The second kappa shape index (κ2) is 6.53. The SMILES string of the molecule is N#Cc1c(Cl)nc(NN=Cc2ccncc2)c(Cl)c1Cl. The molecule has 0 saturated heterocycles. The maximum atomic E-state index is 8.87. The van der Waals surface area contributed by atoms with Crippen LogP contribution in [0.2, 0.25) is 15.2 Å². The molecule has 0 aliphatic heterocycles. The van der Waals surface area contributed by atoms with Gasteiger partial charge in [-0.25, -0.2) is 4.98 Å². The molecule has 0 aliphatic rings. The molecule has 0 fully saturated rings. The van der Waals surface area contributed by atoms with Crippen LogP contribution < -0.4 is 5.43 Å². The molecule has 2 aromatic rings. The number of nitrogens with zero attached hydrogens (tertiary/aromatic N) is 4. The molecule has 8 heteroatoms. The second-order valence-electron chi connectivity index (χ2n) is 3.52. The van der Waals surface area contributed by atoms with Gasteiger partial charge in [0.05, 0.1) is 11.2 Å². The van der Waals surface area contributed by atoms with Gasteiger partial charge < -0.3 is 0 Å². The molecule has 0 bridgehead atoms. The van der Waals surface area contributed by atoms with Crippen LogP contribution in [0, 0.1) is 11.3 Å². The van der Waals surface area contributed by atoms with Crippen molar-refractivity contribution in [3.8, 4) is 6.07 Å². The molecule has 100 valence electrons. The van der Waals surface area contributed by atoms with Gasteiger partial charge in [-0.1, -0.05) is 34.8 Å². The summed E-state index contributed by atoms with van der Waals surface area (Å²) in [5.74, 6) is 0.172. The quantitative estimate of drug-likeness (QED) is 0.529. The number of rotatable bonds is 3. The Bertz CT molecular complexity index is 694. The van der Waals surface area contributed by atoms with Gasteiger partial charge in [-0.2, -0.15) is 10.4 Å². The van der Waals surface area contributed by atoms with E-state index in [1.807, 2.05) is 6.07 Å². The smallest absolute Gasteiger partial charge is 0.168 e. The van der Waals surface area contributed by atoms with Crippen molar-refractivity contribution in [3.05, 3.63) is 50.9 Å². The highest BCUT2D eigenvalue weighted by Gasteiger charge is 2.15. The number of hydrogen-bond acceptors (Lipinski definition) is 5. The largest absolute Gasteiger partial charge is 0.265 e. The Morgan fingerprint density at radius 2 is 1.90 bits per heavy atom. The molecule has 2 aromatic heterocycles. The highest BCUT2D eigenvalue weighted by molar-refractivity contribution is 6.45. The summed E-state index contributed by atoms with van der Waals surface area (Å²) in [4.78, 5) is 7.81. The van der Waals surface area contributed by atoms with Crippen LogP contribution in [-0.4, -0.2) is 16.2 Å². The van der Waals surface area contributed by atoms with E-state index in [0.717, 1.165) is 5.56 Å². The molecular weight excluding hydrogens is 321 g/mol. The second-order valence-corrected chi connectivity index (χ2v) is 4.63. The highest BCUT2D eigenvalue weighted by Crippen LogP contribution is 2.34. The van der Waals surface area contributed by atoms with Crippen molar-refractivity contribution < 1.29 is 0 Å². The number of pyridine rings is 2. The molecule has 0 unspecified atom stereocenters. The molecule has 0 atom stereocenters.